The monoisotopic (exact) mass is 319 g/mol. The van der Waals surface area contributed by atoms with Gasteiger partial charge in [0.2, 0.25) is 5.91 Å². The van der Waals surface area contributed by atoms with E-state index >= 15 is 0 Å². The fourth-order valence-corrected chi connectivity index (χ4v) is 2.53. The van der Waals surface area contributed by atoms with Crippen LogP contribution in [0.5, 0.6) is 5.75 Å². The summed E-state index contributed by atoms with van der Waals surface area (Å²) >= 11 is 0. The summed E-state index contributed by atoms with van der Waals surface area (Å²) in [7, 11) is 0. The van der Waals surface area contributed by atoms with Crippen LogP contribution in [0.25, 0.3) is 0 Å². The van der Waals surface area contributed by atoms with Crippen LogP contribution in [-0.2, 0) is 11.2 Å². The second-order valence-corrected chi connectivity index (χ2v) is 5.52. The maximum Gasteiger partial charge on any atom is 0.387 e. The molecule has 0 heterocycles. The Morgan fingerprint density at radius 1 is 1.09 bits per heavy atom. The Bertz CT molecular complexity index is 674. The van der Waals surface area contributed by atoms with E-state index in [4.69, 9.17) is 0 Å². The van der Waals surface area contributed by atoms with E-state index in [1.165, 1.54) is 12.1 Å². The van der Waals surface area contributed by atoms with Gasteiger partial charge in [-0.2, -0.15) is 8.78 Å². The van der Waals surface area contributed by atoms with E-state index in [-0.39, 0.29) is 18.1 Å². The molecule has 0 aliphatic heterocycles. The highest BCUT2D eigenvalue weighted by Gasteiger charge is 2.10. The van der Waals surface area contributed by atoms with Gasteiger partial charge in [0, 0.05) is 5.69 Å². The lowest BCUT2D eigenvalue weighted by Gasteiger charge is -2.13. The molecule has 0 aliphatic rings. The van der Waals surface area contributed by atoms with Gasteiger partial charge in [-0.05, 0) is 49.6 Å². The first kappa shape index (κ1) is 16.9. The third-order valence-electron chi connectivity index (χ3n) is 3.45. The van der Waals surface area contributed by atoms with E-state index in [2.05, 4.69) is 10.1 Å². The first-order valence-corrected chi connectivity index (χ1v) is 7.26. The number of anilines is 1. The van der Waals surface area contributed by atoms with Gasteiger partial charge >= 0.3 is 6.61 Å². The van der Waals surface area contributed by atoms with Gasteiger partial charge in [-0.25, -0.2) is 0 Å². The van der Waals surface area contributed by atoms with Crippen molar-refractivity contribution in [1.82, 2.24) is 0 Å². The molecule has 0 spiro atoms. The van der Waals surface area contributed by atoms with Gasteiger partial charge in [0.25, 0.3) is 0 Å². The van der Waals surface area contributed by atoms with Crippen molar-refractivity contribution in [1.29, 1.82) is 0 Å². The summed E-state index contributed by atoms with van der Waals surface area (Å²) in [5, 5.41) is 2.91. The Labute approximate surface area is 134 Å². The lowest BCUT2D eigenvalue weighted by Crippen LogP contribution is -2.16. The number of benzene rings is 2. The van der Waals surface area contributed by atoms with Crippen LogP contribution in [0.4, 0.5) is 14.5 Å². The van der Waals surface area contributed by atoms with Gasteiger partial charge in [0.05, 0.1) is 6.42 Å². The van der Waals surface area contributed by atoms with E-state index in [0.29, 0.717) is 0 Å². The smallest absolute Gasteiger partial charge is 0.387 e. The van der Waals surface area contributed by atoms with Crippen LogP contribution in [0.1, 0.15) is 22.3 Å². The molecule has 0 unspecified atom stereocenters. The molecule has 1 amide bonds. The van der Waals surface area contributed by atoms with E-state index in [0.717, 1.165) is 27.9 Å². The minimum atomic E-state index is -2.85. The number of carbonyl (C=O) groups excluding carboxylic acids is 1. The highest BCUT2D eigenvalue weighted by atomic mass is 19.3. The molecule has 0 saturated carbocycles. The number of nitrogens with one attached hydrogen (secondary N) is 1. The Morgan fingerprint density at radius 2 is 1.65 bits per heavy atom. The van der Waals surface area contributed by atoms with Crippen molar-refractivity contribution >= 4 is 11.6 Å². The SMILES string of the molecule is Cc1cc(C)c(NC(=O)Cc2ccc(OC(F)F)cc2)c(C)c1. The molecule has 3 nitrogen and oxygen atoms in total. The summed E-state index contributed by atoms with van der Waals surface area (Å²) in [6.45, 7) is 3.06. The average Bonchev–Trinajstić information content (AvgIpc) is 2.44. The molecule has 2 aromatic rings. The van der Waals surface area contributed by atoms with E-state index in [1.807, 2.05) is 32.9 Å². The molecule has 23 heavy (non-hydrogen) atoms. The van der Waals surface area contributed by atoms with Gasteiger partial charge < -0.3 is 10.1 Å². The summed E-state index contributed by atoms with van der Waals surface area (Å²) in [5.74, 6) is -0.0723. The molecule has 2 rings (SSSR count). The van der Waals surface area contributed by atoms with E-state index in [9.17, 15) is 13.6 Å². The highest BCUT2D eigenvalue weighted by molar-refractivity contribution is 5.93. The normalized spacial score (nSPS) is 10.7. The Balaban J connectivity index is 2.02. The van der Waals surface area contributed by atoms with Crippen LogP contribution in [-0.4, -0.2) is 12.5 Å². The molecule has 122 valence electrons. The zero-order valence-corrected chi connectivity index (χ0v) is 13.3. The van der Waals surface area contributed by atoms with Crippen molar-refractivity contribution in [2.24, 2.45) is 0 Å². The minimum absolute atomic E-state index is 0.0781. The van der Waals surface area contributed by atoms with Crippen molar-refractivity contribution < 1.29 is 18.3 Å². The summed E-state index contributed by atoms with van der Waals surface area (Å²) in [6.07, 6.45) is 0.168. The van der Waals surface area contributed by atoms with Gasteiger partial charge in [0.15, 0.2) is 0 Å². The topological polar surface area (TPSA) is 38.3 Å². The maximum absolute atomic E-state index is 12.2. The summed E-state index contributed by atoms with van der Waals surface area (Å²) in [6, 6.07) is 10.1. The highest BCUT2D eigenvalue weighted by Crippen LogP contribution is 2.22. The second kappa shape index (κ2) is 7.22. The molecule has 0 atom stereocenters. The number of halogens is 2. The standard InChI is InChI=1S/C18H19F2NO2/c1-11-8-12(2)17(13(3)9-11)21-16(22)10-14-4-6-15(7-5-14)23-18(19)20/h4-9,18H,10H2,1-3H3,(H,21,22). The van der Waals surface area contributed by atoms with Gasteiger partial charge in [-0.15, -0.1) is 0 Å². The first-order chi connectivity index (χ1) is 10.8. The number of hydrogen-bond acceptors (Lipinski definition) is 2. The van der Waals surface area contributed by atoms with Gasteiger partial charge in [-0.3, -0.25) is 4.79 Å². The Kier molecular flexibility index (Phi) is 5.32. The zero-order valence-electron chi connectivity index (χ0n) is 13.3. The summed E-state index contributed by atoms with van der Waals surface area (Å²) < 4.78 is 28.5. The van der Waals surface area contributed by atoms with Crippen molar-refractivity contribution in [3.05, 3.63) is 58.7 Å². The van der Waals surface area contributed by atoms with Crippen LogP contribution in [0.2, 0.25) is 0 Å². The van der Waals surface area contributed by atoms with Crippen LogP contribution in [0, 0.1) is 20.8 Å². The van der Waals surface area contributed by atoms with Crippen molar-refractivity contribution in [2.75, 3.05) is 5.32 Å². The lowest BCUT2D eigenvalue weighted by atomic mass is 10.0. The Hall–Kier alpha value is -2.43. The molecular formula is C18H19F2NO2. The first-order valence-electron chi connectivity index (χ1n) is 7.26. The molecule has 0 radical (unpaired) electrons. The number of alkyl halides is 2. The largest absolute Gasteiger partial charge is 0.435 e. The third kappa shape index (κ3) is 4.77. The molecule has 0 fully saturated rings. The third-order valence-corrected chi connectivity index (χ3v) is 3.45. The minimum Gasteiger partial charge on any atom is -0.435 e. The molecule has 2 aromatic carbocycles. The van der Waals surface area contributed by atoms with Gasteiger partial charge in [0.1, 0.15) is 5.75 Å². The number of hydrogen-bond donors (Lipinski definition) is 1. The molecule has 0 saturated heterocycles. The number of rotatable bonds is 5. The molecule has 0 bridgehead atoms. The van der Waals surface area contributed by atoms with E-state index < -0.39 is 6.61 Å². The average molecular weight is 319 g/mol. The van der Waals surface area contributed by atoms with Crippen LogP contribution < -0.4 is 10.1 Å². The molecule has 1 N–H and O–H groups in total. The van der Waals surface area contributed by atoms with Crippen molar-refractivity contribution in [3.63, 3.8) is 0 Å². The second-order valence-electron chi connectivity index (χ2n) is 5.52. The van der Waals surface area contributed by atoms with Crippen LogP contribution in [0.15, 0.2) is 36.4 Å². The summed E-state index contributed by atoms with van der Waals surface area (Å²) in [4.78, 5) is 12.2. The van der Waals surface area contributed by atoms with Gasteiger partial charge in [-0.1, -0.05) is 29.8 Å². The van der Waals surface area contributed by atoms with E-state index in [1.54, 1.807) is 12.1 Å². The predicted molar refractivity (Wildman–Crippen MR) is 86.1 cm³/mol. The fourth-order valence-electron chi connectivity index (χ4n) is 2.53. The van der Waals surface area contributed by atoms with Crippen molar-refractivity contribution in [2.45, 2.75) is 33.8 Å². The fraction of sp³-hybridized carbons (Fsp3) is 0.278. The zero-order chi connectivity index (χ0) is 17.0. The van der Waals surface area contributed by atoms with Crippen LogP contribution in [0.3, 0.4) is 0 Å². The Morgan fingerprint density at radius 3 is 2.17 bits per heavy atom. The lowest BCUT2D eigenvalue weighted by molar-refractivity contribution is -0.115. The quantitative estimate of drug-likeness (QED) is 0.887. The maximum atomic E-state index is 12.2. The number of aryl methyl sites for hydroxylation is 3. The number of carbonyl (C=O) groups is 1. The number of ether oxygens (including phenoxy) is 1. The molecule has 5 heteroatoms. The predicted octanol–water partition coefficient (Wildman–Crippen LogP) is 4.39. The summed E-state index contributed by atoms with van der Waals surface area (Å²) in [5.41, 5.74) is 4.71. The molecule has 0 aromatic heterocycles. The molecule has 0 aliphatic carbocycles. The number of amides is 1. The van der Waals surface area contributed by atoms with Crippen molar-refractivity contribution in [3.8, 4) is 5.75 Å². The van der Waals surface area contributed by atoms with Crippen LogP contribution >= 0.6 is 0 Å². The molecular weight excluding hydrogens is 300 g/mol.